The predicted octanol–water partition coefficient (Wildman–Crippen LogP) is 2.96. The molecule has 3 aromatic rings. The molecule has 0 saturated heterocycles. The quantitative estimate of drug-likeness (QED) is 0.716. The predicted molar refractivity (Wildman–Crippen MR) is 83.1 cm³/mol. The third kappa shape index (κ3) is 2.85. The van der Waals surface area contributed by atoms with Crippen LogP contribution in [0.15, 0.2) is 21.3 Å². The van der Waals surface area contributed by atoms with E-state index in [1.54, 1.807) is 25.3 Å². The Balaban J connectivity index is 1.68. The van der Waals surface area contributed by atoms with E-state index in [-0.39, 0.29) is 12.5 Å². The highest BCUT2D eigenvalue weighted by molar-refractivity contribution is 7.10. The second-order valence-electron chi connectivity index (χ2n) is 4.32. The molecule has 0 bridgehead atoms. The summed E-state index contributed by atoms with van der Waals surface area (Å²) >= 11 is 2.76. The number of carbonyl (C=O) groups excluding carboxylic acids is 1. The molecule has 0 aliphatic rings. The van der Waals surface area contributed by atoms with Crippen LogP contribution in [0.3, 0.4) is 0 Å². The van der Waals surface area contributed by atoms with Crippen molar-refractivity contribution in [3.05, 3.63) is 34.0 Å². The maximum absolute atomic E-state index is 12.1. The van der Waals surface area contributed by atoms with E-state index in [0.29, 0.717) is 22.1 Å². The minimum Gasteiger partial charge on any atom is -0.452 e. The third-order valence-corrected chi connectivity index (χ3v) is 4.51. The maximum Gasteiger partial charge on any atom is 0.343 e. The van der Waals surface area contributed by atoms with Gasteiger partial charge >= 0.3 is 5.97 Å². The number of hydrogen-bond donors (Lipinski definition) is 1. The van der Waals surface area contributed by atoms with E-state index < -0.39 is 5.97 Å². The molecule has 0 atom stereocenters. The first-order valence-corrected chi connectivity index (χ1v) is 8.07. The van der Waals surface area contributed by atoms with Gasteiger partial charge in [0.1, 0.15) is 10.6 Å². The van der Waals surface area contributed by atoms with Crippen molar-refractivity contribution in [3.8, 4) is 11.4 Å². The number of esters is 1. The normalized spacial score (nSPS) is 10.6. The molecule has 3 heterocycles. The average molecular weight is 336 g/mol. The van der Waals surface area contributed by atoms with Gasteiger partial charge in [-0.2, -0.15) is 20.7 Å². The first kappa shape index (κ1) is 14.7. The number of aromatic nitrogens is 3. The molecule has 3 aromatic heterocycles. The van der Waals surface area contributed by atoms with Crippen molar-refractivity contribution in [1.82, 2.24) is 14.5 Å². The molecule has 0 radical (unpaired) electrons. The molecule has 0 amide bonds. The average Bonchev–Trinajstić information content (AvgIpc) is 3.24. The zero-order valence-corrected chi connectivity index (χ0v) is 13.5. The number of rotatable bonds is 5. The number of ether oxygens (including phenoxy) is 1. The highest BCUT2D eigenvalue weighted by Crippen LogP contribution is 2.25. The molecule has 1 N–H and O–H groups in total. The maximum atomic E-state index is 12.1. The number of aryl methyl sites for hydroxylation is 1. The van der Waals surface area contributed by atoms with Gasteiger partial charge < -0.3 is 14.6 Å². The lowest BCUT2D eigenvalue weighted by Crippen LogP contribution is -2.08. The molecule has 0 aliphatic heterocycles. The molecule has 114 valence electrons. The molecule has 7 nitrogen and oxygen atoms in total. The minimum absolute atomic E-state index is 0.0750. The van der Waals surface area contributed by atoms with Gasteiger partial charge in [0.05, 0.1) is 5.69 Å². The van der Waals surface area contributed by atoms with Crippen LogP contribution in [0.4, 0.5) is 5.00 Å². The van der Waals surface area contributed by atoms with Crippen molar-refractivity contribution >= 4 is 33.8 Å². The molecular formula is C13H12N4O3S2. The zero-order chi connectivity index (χ0) is 15.5. The van der Waals surface area contributed by atoms with Gasteiger partial charge in [-0.25, -0.2) is 4.79 Å². The topological polar surface area (TPSA) is 90.1 Å². The van der Waals surface area contributed by atoms with Gasteiger partial charge in [-0.05, 0) is 29.9 Å². The monoisotopic (exact) mass is 336 g/mol. The minimum atomic E-state index is -0.467. The molecule has 0 aromatic carbocycles. The zero-order valence-electron chi connectivity index (χ0n) is 11.8. The van der Waals surface area contributed by atoms with Gasteiger partial charge in [-0.3, -0.25) is 0 Å². The summed E-state index contributed by atoms with van der Waals surface area (Å²) in [6, 6.07) is 1.89. The van der Waals surface area contributed by atoms with Crippen LogP contribution in [-0.4, -0.2) is 27.5 Å². The van der Waals surface area contributed by atoms with E-state index in [0.717, 1.165) is 5.56 Å². The number of nitrogens with one attached hydrogen (secondary N) is 1. The Bertz CT molecular complexity index is 779. The number of anilines is 1. The molecular weight excluding hydrogens is 324 g/mol. The van der Waals surface area contributed by atoms with E-state index >= 15 is 0 Å². The Morgan fingerprint density at radius 1 is 1.50 bits per heavy atom. The van der Waals surface area contributed by atoms with Crippen LogP contribution < -0.4 is 5.32 Å². The largest absolute Gasteiger partial charge is 0.452 e. The van der Waals surface area contributed by atoms with Crippen molar-refractivity contribution in [1.29, 1.82) is 0 Å². The number of thiophene rings is 1. The first-order chi connectivity index (χ1) is 10.7. The lowest BCUT2D eigenvalue weighted by Gasteiger charge is -2.03. The van der Waals surface area contributed by atoms with Crippen molar-refractivity contribution in [2.45, 2.75) is 13.5 Å². The fourth-order valence-corrected chi connectivity index (χ4v) is 3.17. The first-order valence-electron chi connectivity index (χ1n) is 6.35. The van der Waals surface area contributed by atoms with Crippen molar-refractivity contribution in [2.75, 3.05) is 12.4 Å². The van der Waals surface area contributed by atoms with Crippen LogP contribution in [0.1, 0.15) is 21.9 Å². The van der Waals surface area contributed by atoms with Gasteiger partial charge in [0, 0.05) is 18.0 Å². The van der Waals surface area contributed by atoms with E-state index in [1.807, 2.05) is 16.8 Å². The molecule has 0 spiro atoms. The van der Waals surface area contributed by atoms with Gasteiger partial charge in [0.25, 0.3) is 5.89 Å². The second-order valence-corrected chi connectivity index (χ2v) is 5.88. The molecule has 0 saturated carbocycles. The smallest absolute Gasteiger partial charge is 0.343 e. The summed E-state index contributed by atoms with van der Waals surface area (Å²) < 4.78 is 14.4. The fourth-order valence-electron chi connectivity index (χ4n) is 1.80. The SMILES string of the molecule is CNc1snc(C)c1C(=O)OCc1nc(-c2ccsc2)no1. The number of hydrogen-bond acceptors (Lipinski definition) is 9. The molecule has 0 unspecified atom stereocenters. The number of nitrogens with zero attached hydrogens (tertiary/aromatic N) is 3. The molecule has 22 heavy (non-hydrogen) atoms. The highest BCUT2D eigenvalue weighted by atomic mass is 32.1. The van der Waals surface area contributed by atoms with E-state index in [4.69, 9.17) is 9.26 Å². The van der Waals surface area contributed by atoms with E-state index in [1.165, 1.54) is 11.5 Å². The standard InChI is InChI=1S/C13H12N4O3S2/c1-7-10(12(14-2)22-17-7)13(18)19-5-9-15-11(16-20-9)8-3-4-21-6-8/h3-4,6,14H,5H2,1-2H3. The summed E-state index contributed by atoms with van der Waals surface area (Å²) in [5, 5.41) is 11.3. The summed E-state index contributed by atoms with van der Waals surface area (Å²) in [4.78, 5) is 16.3. The van der Waals surface area contributed by atoms with Crippen molar-refractivity contribution < 1.29 is 14.1 Å². The van der Waals surface area contributed by atoms with Gasteiger partial charge in [-0.1, -0.05) is 5.16 Å². The summed E-state index contributed by atoms with van der Waals surface area (Å²) in [7, 11) is 1.73. The van der Waals surface area contributed by atoms with Crippen LogP contribution in [0.25, 0.3) is 11.4 Å². The Kier molecular flexibility index (Phi) is 4.16. The van der Waals surface area contributed by atoms with Gasteiger partial charge in [-0.15, -0.1) is 0 Å². The Hall–Kier alpha value is -2.26. The lowest BCUT2D eigenvalue weighted by atomic mass is 10.2. The van der Waals surface area contributed by atoms with Crippen LogP contribution in [0, 0.1) is 6.92 Å². The Morgan fingerprint density at radius 2 is 2.36 bits per heavy atom. The Labute approximate surface area is 134 Å². The van der Waals surface area contributed by atoms with E-state index in [9.17, 15) is 4.79 Å². The number of carbonyl (C=O) groups is 1. The molecule has 9 heteroatoms. The molecule has 0 fully saturated rings. The summed E-state index contributed by atoms with van der Waals surface area (Å²) in [6.45, 7) is 1.68. The van der Waals surface area contributed by atoms with Gasteiger partial charge in [0.2, 0.25) is 5.82 Å². The molecule has 0 aliphatic carbocycles. The second kappa shape index (κ2) is 6.24. The van der Waals surface area contributed by atoms with Crippen LogP contribution in [0.5, 0.6) is 0 Å². The van der Waals surface area contributed by atoms with Gasteiger partial charge in [0.15, 0.2) is 6.61 Å². The third-order valence-electron chi connectivity index (χ3n) is 2.87. The lowest BCUT2D eigenvalue weighted by molar-refractivity contribution is 0.0430. The van der Waals surface area contributed by atoms with Crippen LogP contribution in [0.2, 0.25) is 0 Å². The van der Waals surface area contributed by atoms with Crippen molar-refractivity contribution in [2.24, 2.45) is 0 Å². The summed E-state index contributed by atoms with van der Waals surface area (Å²) in [6.07, 6.45) is 0. The Morgan fingerprint density at radius 3 is 3.09 bits per heavy atom. The molecule has 3 rings (SSSR count). The highest BCUT2D eigenvalue weighted by Gasteiger charge is 2.20. The van der Waals surface area contributed by atoms with Crippen LogP contribution in [-0.2, 0) is 11.3 Å². The van der Waals surface area contributed by atoms with E-state index in [2.05, 4.69) is 19.8 Å². The van der Waals surface area contributed by atoms with Crippen molar-refractivity contribution in [3.63, 3.8) is 0 Å². The summed E-state index contributed by atoms with van der Waals surface area (Å²) in [5.41, 5.74) is 1.94. The summed E-state index contributed by atoms with van der Waals surface area (Å²) in [5.74, 6) is 0.267. The fraction of sp³-hybridized carbons (Fsp3) is 0.231. The van der Waals surface area contributed by atoms with Crippen LogP contribution >= 0.6 is 22.9 Å².